The maximum Gasteiger partial charge on any atom is 1.00 e. The second-order valence-electron chi connectivity index (χ2n) is 7.56. The molecule has 0 aromatic heterocycles. The van der Waals surface area contributed by atoms with Crippen LogP contribution in [0.15, 0.2) is 24.3 Å². The number of para-hydroxylation sites is 1. The molecule has 0 bridgehead atoms. The number of nitrogens with one attached hydrogen (secondary N) is 1. The van der Waals surface area contributed by atoms with Crippen LogP contribution < -0.4 is 40.0 Å². The Hall–Kier alpha value is 0.0700. The van der Waals surface area contributed by atoms with Gasteiger partial charge in [0.2, 0.25) is 0 Å². The molecule has 29 heavy (non-hydrogen) atoms. The molecule has 0 aliphatic carbocycles. The summed E-state index contributed by atoms with van der Waals surface area (Å²) in [6.07, 6.45) is 13.1. The van der Waals surface area contributed by atoms with E-state index in [0.29, 0.717) is 5.69 Å². The monoisotopic (exact) mass is 451 g/mol. The first-order chi connectivity index (χ1) is 13.5. The Labute approximate surface area is 209 Å². The van der Waals surface area contributed by atoms with E-state index in [0.717, 1.165) is 19.3 Å². The number of alkyl halides is 2. The molecule has 3 nitrogen and oxygen atoms in total. The normalized spacial score (nSPS) is 13.9. The Morgan fingerprint density at radius 2 is 1.48 bits per heavy atom. The molecule has 0 fully saturated rings. The van der Waals surface area contributed by atoms with Gasteiger partial charge in [0.15, 0.2) is 0 Å². The second-order valence-corrected chi connectivity index (χ2v) is 8.68. The van der Waals surface area contributed by atoms with Crippen LogP contribution in [-0.2, 0) is 0 Å². The van der Waals surface area contributed by atoms with Crippen molar-refractivity contribution < 1.29 is 39.5 Å². The van der Waals surface area contributed by atoms with Crippen LogP contribution in [-0.4, -0.2) is 22.8 Å². The molecule has 0 saturated heterocycles. The van der Waals surface area contributed by atoms with Gasteiger partial charge in [0, 0.05) is 11.3 Å². The minimum atomic E-state index is -1.20. The van der Waals surface area contributed by atoms with Gasteiger partial charge in [0.1, 0.15) is 0 Å². The minimum absolute atomic E-state index is 0. The van der Waals surface area contributed by atoms with Crippen molar-refractivity contribution in [1.29, 1.82) is 0 Å². The Bertz CT molecular complexity index is 559. The van der Waals surface area contributed by atoms with Crippen LogP contribution in [0.1, 0.15) is 94.8 Å². The summed E-state index contributed by atoms with van der Waals surface area (Å²) in [5, 5.41) is 14.3. The third kappa shape index (κ3) is 11.9. The van der Waals surface area contributed by atoms with E-state index in [9.17, 15) is 9.90 Å². The number of anilines is 1. The third-order valence-corrected chi connectivity index (χ3v) is 6.29. The van der Waals surface area contributed by atoms with Crippen molar-refractivity contribution in [3.63, 3.8) is 0 Å². The fraction of sp³-hybridized carbons (Fsp3) is 0.696. The van der Waals surface area contributed by atoms with Crippen LogP contribution >= 0.6 is 23.2 Å². The number of carbonyl (C=O) groups is 1. The summed E-state index contributed by atoms with van der Waals surface area (Å²) in [6, 6.07) is 6.56. The predicted octanol–water partition coefficient (Wildman–Crippen LogP) is 3.38. The Morgan fingerprint density at radius 1 is 0.931 bits per heavy atom. The average Bonchev–Trinajstić information content (AvgIpc) is 2.70. The van der Waals surface area contributed by atoms with Gasteiger partial charge in [-0.1, -0.05) is 89.8 Å². The van der Waals surface area contributed by atoms with E-state index >= 15 is 0 Å². The van der Waals surface area contributed by atoms with Crippen molar-refractivity contribution in [1.82, 2.24) is 0 Å². The smallest absolute Gasteiger partial charge is 0.545 e. The molecular formula is C23H36Cl2NNaO2. The standard InChI is InChI=1S/C23H37Cl2NO2.Na/c1-3-5-6-7-8-9-10-11-12-16-20(25)22(19(24)4-2)26-21-17-14-13-15-18(21)23(27)28;/h13-15,17,19-20,22,26H,3-12,16H2,1-2H3,(H,27,28);/q;+1/p-1. The van der Waals surface area contributed by atoms with E-state index in [2.05, 4.69) is 12.2 Å². The van der Waals surface area contributed by atoms with Crippen molar-refractivity contribution in [3.8, 4) is 0 Å². The molecule has 1 rings (SSSR count). The largest absolute Gasteiger partial charge is 1.00 e. The molecule has 1 aromatic carbocycles. The molecule has 0 amide bonds. The fourth-order valence-corrected chi connectivity index (χ4v) is 4.16. The fourth-order valence-electron chi connectivity index (χ4n) is 3.46. The van der Waals surface area contributed by atoms with Crippen molar-refractivity contribution in [2.24, 2.45) is 0 Å². The van der Waals surface area contributed by atoms with Crippen LogP contribution in [0.2, 0.25) is 0 Å². The topological polar surface area (TPSA) is 52.2 Å². The van der Waals surface area contributed by atoms with Crippen LogP contribution in [0.3, 0.4) is 0 Å². The van der Waals surface area contributed by atoms with Gasteiger partial charge in [-0.2, -0.15) is 0 Å². The molecule has 1 aromatic rings. The summed E-state index contributed by atoms with van der Waals surface area (Å²) in [6.45, 7) is 4.25. The Morgan fingerprint density at radius 3 is 2.03 bits per heavy atom. The summed E-state index contributed by atoms with van der Waals surface area (Å²) in [4.78, 5) is 11.4. The number of halogens is 2. The van der Waals surface area contributed by atoms with Gasteiger partial charge in [-0.05, 0) is 18.9 Å². The molecular weight excluding hydrogens is 416 g/mol. The Kier molecular flexibility index (Phi) is 17.8. The molecule has 0 radical (unpaired) electrons. The number of carboxylic acid groups (broad SMARTS) is 1. The first-order valence-corrected chi connectivity index (χ1v) is 11.7. The number of hydrogen-bond donors (Lipinski definition) is 1. The van der Waals surface area contributed by atoms with Gasteiger partial charge in [-0.3, -0.25) is 0 Å². The van der Waals surface area contributed by atoms with E-state index in [4.69, 9.17) is 23.2 Å². The van der Waals surface area contributed by atoms with Crippen LogP contribution in [0.25, 0.3) is 0 Å². The quantitative estimate of drug-likeness (QED) is 0.238. The molecule has 3 atom stereocenters. The maximum atomic E-state index is 11.4. The van der Waals surface area contributed by atoms with Crippen molar-refractivity contribution in [2.75, 3.05) is 5.32 Å². The first-order valence-electron chi connectivity index (χ1n) is 10.9. The van der Waals surface area contributed by atoms with Gasteiger partial charge < -0.3 is 15.2 Å². The maximum absolute atomic E-state index is 11.4. The minimum Gasteiger partial charge on any atom is -0.545 e. The van der Waals surface area contributed by atoms with Gasteiger partial charge >= 0.3 is 29.6 Å². The number of carbonyl (C=O) groups excluding carboxylic acids is 1. The summed E-state index contributed by atoms with van der Waals surface area (Å²) in [5.74, 6) is -1.20. The van der Waals surface area contributed by atoms with Gasteiger partial charge in [-0.25, -0.2) is 0 Å². The predicted molar refractivity (Wildman–Crippen MR) is 120 cm³/mol. The van der Waals surface area contributed by atoms with Gasteiger partial charge in [0.25, 0.3) is 0 Å². The Balaban J connectivity index is 0.00000784. The van der Waals surface area contributed by atoms with E-state index in [1.807, 2.05) is 6.92 Å². The molecule has 0 aliphatic rings. The molecule has 0 saturated carbocycles. The SMILES string of the molecule is CCCCCCCCCCCC(Cl)C(Nc1ccccc1C(=O)[O-])C(Cl)CC.[Na+]. The second kappa shape index (κ2) is 17.7. The average molecular weight is 452 g/mol. The summed E-state index contributed by atoms with van der Waals surface area (Å²) >= 11 is 13.2. The van der Waals surface area contributed by atoms with Crippen molar-refractivity contribution in [3.05, 3.63) is 29.8 Å². The third-order valence-electron chi connectivity index (χ3n) is 5.22. The van der Waals surface area contributed by atoms with E-state index < -0.39 is 5.97 Å². The number of carboxylic acids is 1. The van der Waals surface area contributed by atoms with Crippen LogP contribution in [0.4, 0.5) is 5.69 Å². The summed E-state index contributed by atoms with van der Waals surface area (Å²) in [5.41, 5.74) is 0.656. The van der Waals surface area contributed by atoms with Crippen LogP contribution in [0, 0.1) is 0 Å². The first kappa shape index (κ1) is 29.1. The van der Waals surface area contributed by atoms with E-state index in [1.165, 1.54) is 57.4 Å². The molecule has 160 valence electrons. The number of aromatic carboxylic acids is 1. The molecule has 3 unspecified atom stereocenters. The van der Waals surface area contributed by atoms with E-state index in [-0.39, 0.29) is 51.9 Å². The molecule has 0 spiro atoms. The zero-order valence-electron chi connectivity index (χ0n) is 18.4. The summed E-state index contributed by atoms with van der Waals surface area (Å²) in [7, 11) is 0. The molecule has 0 aliphatic heterocycles. The zero-order valence-corrected chi connectivity index (χ0v) is 21.9. The number of unbranched alkanes of at least 4 members (excludes halogenated alkanes) is 8. The van der Waals surface area contributed by atoms with Gasteiger partial charge in [-0.15, -0.1) is 23.2 Å². The molecule has 0 heterocycles. The van der Waals surface area contributed by atoms with Crippen molar-refractivity contribution >= 4 is 34.9 Å². The van der Waals surface area contributed by atoms with Gasteiger partial charge in [0.05, 0.1) is 22.8 Å². The number of benzene rings is 1. The molecule has 6 heteroatoms. The summed E-state index contributed by atoms with van der Waals surface area (Å²) < 4.78 is 0. The number of rotatable bonds is 16. The zero-order chi connectivity index (χ0) is 20.8. The van der Waals surface area contributed by atoms with E-state index in [1.54, 1.807) is 18.2 Å². The van der Waals surface area contributed by atoms with Crippen molar-refractivity contribution in [2.45, 2.75) is 101 Å². The number of hydrogen-bond acceptors (Lipinski definition) is 3. The van der Waals surface area contributed by atoms with Crippen LogP contribution in [0.5, 0.6) is 0 Å². The molecule has 1 N–H and O–H groups in total.